The average Bonchev–Trinajstić information content (AvgIpc) is 3.38. The van der Waals surface area contributed by atoms with Crippen LogP contribution in [0.5, 0.6) is 0 Å². The summed E-state index contributed by atoms with van der Waals surface area (Å²) in [5, 5.41) is 5.15. The van der Waals surface area contributed by atoms with E-state index in [1.54, 1.807) is 29.6 Å². The molecular formula is C24H21N3O5S. The van der Waals surface area contributed by atoms with Crippen molar-refractivity contribution < 1.29 is 23.9 Å². The molecule has 0 bridgehead atoms. The van der Waals surface area contributed by atoms with Gasteiger partial charge in [0.15, 0.2) is 0 Å². The SMILES string of the molecule is C[C@H](C(=O)OCc1csc(CC(=O)NCc2ccccc2)n1)N1C(=O)c2ccccc2C1=O. The van der Waals surface area contributed by atoms with Crippen LogP contribution in [0.3, 0.4) is 0 Å². The second kappa shape index (κ2) is 9.74. The van der Waals surface area contributed by atoms with Crippen molar-refractivity contribution in [2.75, 3.05) is 0 Å². The molecule has 0 saturated carbocycles. The number of hydrogen-bond donors (Lipinski definition) is 1. The third kappa shape index (κ3) is 4.98. The van der Waals surface area contributed by atoms with E-state index in [2.05, 4.69) is 10.3 Å². The summed E-state index contributed by atoms with van der Waals surface area (Å²) in [7, 11) is 0. The van der Waals surface area contributed by atoms with Gasteiger partial charge in [-0.1, -0.05) is 42.5 Å². The molecule has 1 atom stereocenters. The highest BCUT2D eigenvalue weighted by atomic mass is 32.1. The Hall–Kier alpha value is -3.85. The highest BCUT2D eigenvalue weighted by Crippen LogP contribution is 2.25. The molecule has 9 heteroatoms. The summed E-state index contributed by atoms with van der Waals surface area (Å²) >= 11 is 1.30. The number of nitrogens with zero attached hydrogens (tertiary/aromatic N) is 2. The van der Waals surface area contributed by atoms with Crippen LogP contribution in [0.15, 0.2) is 60.0 Å². The first-order chi connectivity index (χ1) is 15.9. The second-order valence-corrected chi connectivity index (χ2v) is 8.42. The number of esters is 1. The number of nitrogens with one attached hydrogen (secondary N) is 1. The Morgan fingerprint density at radius 3 is 2.33 bits per heavy atom. The molecule has 0 saturated heterocycles. The number of carbonyl (C=O) groups is 4. The Morgan fingerprint density at radius 2 is 1.67 bits per heavy atom. The van der Waals surface area contributed by atoms with Crippen molar-refractivity contribution in [1.29, 1.82) is 0 Å². The van der Waals surface area contributed by atoms with Crippen LogP contribution >= 0.6 is 11.3 Å². The van der Waals surface area contributed by atoms with Crippen LogP contribution in [0.25, 0.3) is 0 Å². The summed E-state index contributed by atoms with van der Waals surface area (Å²) < 4.78 is 5.28. The normalized spacial score (nSPS) is 13.5. The summed E-state index contributed by atoms with van der Waals surface area (Å²) in [5.41, 5.74) is 2.05. The van der Waals surface area contributed by atoms with Crippen molar-refractivity contribution >= 4 is 35.0 Å². The molecule has 0 spiro atoms. The number of ether oxygens (including phenoxy) is 1. The van der Waals surface area contributed by atoms with E-state index in [0.29, 0.717) is 17.2 Å². The predicted molar refractivity (Wildman–Crippen MR) is 120 cm³/mol. The highest BCUT2D eigenvalue weighted by molar-refractivity contribution is 7.09. The molecule has 1 aromatic heterocycles. The first-order valence-corrected chi connectivity index (χ1v) is 11.2. The van der Waals surface area contributed by atoms with Crippen molar-refractivity contribution in [2.45, 2.75) is 32.5 Å². The van der Waals surface area contributed by atoms with Gasteiger partial charge in [0.1, 0.15) is 17.7 Å². The van der Waals surface area contributed by atoms with Gasteiger partial charge in [0.2, 0.25) is 5.91 Å². The summed E-state index contributed by atoms with van der Waals surface area (Å²) in [6, 6.07) is 15.0. The number of rotatable bonds is 8. The Kier molecular flexibility index (Phi) is 6.60. The monoisotopic (exact) mass is 463 g/mol. The Morgan fingerprint density at radius 1 is 1.03 bits per heavy atom. The fourth-order valence-electron chi connectivity index (χ4n) is 3.42. The molecule has 2 heterocycles. The molecule has 1 aliphatic rings. The first kappa shape index (κ1) is 22.3. The zero-order chi connectivity index (χ0) is 23.4. The molecule has 33 heavy (non-hydrogen) atoms. The molecule has 168 valence electrons. The molecule has 8 nitrogen and oxygen atoms in total. The van der Waals surface area contributed by atoms with Crippen molar-refractivity contribution in [3.8, 4) is 0 Å². The quantitative estimate of drug-likeness (QED) is 0.407. The van der Waals surface area contributed by atoms with Crippen molar-refractivity contribution in [3.63, 3.8) is 0 Å². The van der Waals surface area contributed by atoms with Crippen LogP contribution in [0.4, 0.5) is 0 Å². The van der Waals surface area contributed by atoms with Crippen molar-refractivity contribution in [1.82, 2.24) is 15.2 Å². The molecule has 0 unspecified atom stereocenters. The van der Waals surface area contributed by atoms with Crippen molar-refractivity contribution in [3.05, 3.63) is 87.4 Å². The molecule has 1 N–H and O–H groups in total. The molecule has 2 aromatic carbocycles. The number of thiazole rings is 1. The lowest BCUT2D eigenvalue weighted by molar-refractivity contribution is -0.149. The lowest BCUT2D eigenvalue weighted by Gasteiger charge is -2.20. The van der Waals surface area contributed by atoms with E-state index >= 15 is 0 Å². The maximum absolute atomic E-state index is 12.5. The second-order valence-electron chi connectivity index (χ2n) is 7.48. The van der Waals surface area contributed by atoms with Crippen LogP contribution in [-0.4, -0.2) is 39.6 Å². The largest absolute Gasteiger partial charge is 0.458 e. The van der Waals surface area contributed by atoms with Gasteiger partial charge in [-0.05, 0) is 24.6 Å². The summed E-state index contributed by atoms with van der Waals surface area (Å²) in [5.74, 6) is -1.90. The van der Waals surface area contributed by atoms with Crippen LogP contribution < -0.4 is 5.32 Å². The molecular weight excluding hydrogens is 442 g/mol. The van der Waals surface area contributed by atoms with E-state index in [1.807, 2.05) is 30.3 Å². The van der Waals surface area contributed by atoms with Gasteiger partial charge in [0.05, 0.1) is 23.2 Å². The van der Waals surface area contributed by atoms with Gasteiger partial charge in [-0.25, -0.2) is 9.78 Å². The van der Waals surface area contributed by atoms with Gasteiger partial charge in [-0.2, -0.15) is 0 Å². The van der Waals surface area contributed by atoms with Crippen LogP contribution in [0.2, 0.25) is 0 Å². The van der Waals surface area contributed by atoms with E-state index in [9.17, 15) is 19.2 Å². The van der Waals surface area contributed by atoms with E-state index in [-0.39, 0.29) is 30.1 Å². The third-order valence-electron chi connectivity index (χ3n) is 5.16. The topological polar surface area (TPSA) is 106 Å². The van der Waals surface area contributed by atoms with Crippen LogP contribution in [0, 0.1) is 0 Å². The minimum Gasteiger partial charge on any atom is -0.458 e. The lowest BCUT2D eigenvalue weighted by atomic mass is 10.1. The average molecular weight is 464 g/mol. The van der Waals surface area contributed by atoms with Gasteiger partial charge >= 0.3 is 5.97 Å². The van der Waals surface area contributed by atoms with E-state index in [1.165, 1.54) is 18.3 Å². The van der Waals surface area contributed by atoms with Gasteiger partial charge in [-0.15, -0.1) is 11.3 Å². The number of aromatic nitrogens is 1. The third-order valence-corrected chi connectivity index (χ3v) is 6.06. The molecule has 0 fully saturated rings. The molecule has 3 aromatic rings. The maximum Gasteiger partial charge on any atom is 0.329 e. The van der Waals surface area contributed by atoms with E-state index < -0.39 is 23.8 Å². The Balaban J connectivity index is 1.27. The van der Waals surface area contributed by atoms with E-state index in [0.717, 1.165) is 10.5 Å². The Labute approximate surface area is 194 Å². The molecule has 3 amide bonds. The van der Waals surface area contributed by atoms with Gasteiger partial charge in [0.25, 0.3) is 11.8 Å². The molecule has 0 aliphatic carbocycles. The zero-order valence-electron chi connectivity index (χ0n) is 17.8. The maximum atomic E-state index is 12.5. The minimum absolute atomic E-state index is 0.117. The fraction of sp³-hybridized carbons (Fsp3) is 0.208. The molecule has 0 radical (unpaired) electrons. The highest BCUT2D eigenvalue weighted by Gasteiger charge is 2.41. The van der Waals surface area contributed by atoms with Gasteiger partial charge in [0, 0.05) is 11.9 Å². The summed E-state index contributed by atoms with van der Waals surface area (Å²) in [4.78, 5) is 54.9. The van der Waals surface area contributed by atoms with Crippen LogP contribution in [0.1, 0.15) is 43.9 Å². The number of fused-ring (bicyclic) bond motifs is 1. The number of imide groups is 1. The summed E-state index contributed by atoms with van der Waals surface area (Å²) in [6.07, 6.45) is 0.122. The number of benzene rings is 2. The van der Waals surface area contributed by atoms with Crippen LogP contribution in [-0.2, 0) is 33.9 Å². The molecule has 1 aliphatic heterocycles. The number of carbonyl (C=O) groups excluding carboxylic acids is 4. The minimum atomic E-state index is -1.07. The lowest BCUT2D eigenvalue weighted by Crippen LogP contribution is -2.43. The molecule has 4 rings (SSSR count). The van der Waals surface area contributed by atoms with Crippen molar-refractivity contribution in [2.24, 2.45) is 0 Å². The van der Waals surface area contributed by atoms with Gasteiger partial charge in [-0.3, -0.25) is 19.3 Å². The first-order valence-electron chi connectivity index (χ1n) is 10.3. The number of hydrogen-bond acceptors (Lipinski definition) is 7. The smallest absolute Gasteiger partial charge is 0.329 e. The van der Waals surface area contributed by atoms with E-state index in [4.69, 9.17) is 4.74 Å². The number of amides is 3. The standard InChI is InChI=1S/C24H21N3O5S/c1-15(27-22(29)18-9-5-6-10-19(18)23(27)30)24(31)32-13-17-14-33-21(26-17)11-20(28)25-12-16-7-3-2-4-8-16/h2-10,14-15H,11-13H2,1H3,(H,25,28)/t15-/m1/s1. The fourth-order valence-corrected chi connectivity index (χ4v) is 4.20. The predicted octanol–water partition coefficient (Wildman–Crippen LogP) is 2.73. The van der Waals surface area contributed by atoms with Gasteiger partial charge < -0.3 is 10.1 Å². The zero-order valence-corrected chi connectivity index (χ0v) is 18.6. The Bertz CT molecular complexity index is 1170. The summed E-state index contributed by atoms with van der Waals surface area (Å²) in [6.45, 7) is 1.77.